The third-order valence-corrected chi connectivity index (χ3v) is 5.41. The molecule has 1 aromatic carbocycles. The summed E-state index contributed by atoms with van der Waals surface area (Å²) >= 11 is 0. The molecule has 158 valence electrons. The number of aromatic nitrogens is 3. The molecule has 2 aromatic heterocycles. The van der Waals surface area contributed by atoms with Crippen molar-refractivity contribution in [2.24, 2.45) is 0 Å². The van der Waals surface area contributed by atoms with Crippen LogP contribution in [-0.4, -0.2) is 34.2 Å². The normalized spacial score (nSPS) is 14.6. The van der Waals surface area contributed by atoms with E-state index < -0.39 is 0 Å². The summed E-state index contributed by atoms with van der Waals surface area (Å²) in [5.41, 5.74) is 8.68. The van der Waals surface area contributed by atoms with Gasteiger partial charge < -0.3 is 20.5 Å². The maximum Gasteiger partial charge on any atom is 0.222 e. The van der Waals surface area contributed by atoms with Gasteiger partial charge in [0, 0.05) is 29.4 Å². The zero-order chi connectivity index (χ0) is 20.9. The Labute approximate surface area is 177 Å². The lowest BCUT2D eigenvalue weighted by atomic mass is 9.95. The third kappa shape index (κ3) is 4.25. The molecule has 0 unspecified atom stereocenters. The quantitative estimate of drug-likeness (QED) is 0.580. The van der Waals surface area contributed by atoms with Gasteiger partial charge in [-0.05, 0) is 32.8 Å². The highest BCUT2D eigenvalue weighted by Crippen LogP contribution is 2.39. The monoisotopic (exact) mass is 407 g/mol. The average molecular weight is 408 g/mol. The molecule has 0 aliphatic heterocycles. The van der Waals surface area contributed by atoms with Crippen molar-refractivity contribution in [3.8, 4) is 22.8 Å². The molecule has 0 amide bonds. The van der Waals surface area contributed by atoms with Gasteiger partial charge in [0.25, 0.3) is 0 Å². The van der Waals surface area contributed by atoms with Crippen LogP contribution in [0.5, 0.6) is 11.6 Å². The van der Waals surface area contributed by atoms with Gasteiger partial charge in [0.15, 0.2) is 0 Å². The number of nitrogens with one attached hydrogen (secondary N) is 1. The molecule has 4 rings (SSSR count). The SMILES string of the molecule is CCOc1cc(OCC)c(-c2cccc3nc(N)nc(NC4CCCCC4)c23)cn1. The minimum absolute atomic E-state index is 0.271. The minimum Gasteiger partial charge on any atom is -0.493 e. The van der Waals surface area contributed by atoms with Gasteiger partial charge in [-0.3, -0.25) is 0 Å². The van der Waals surface area contributed by atoms with Crippen LogP contribution in [0, 0.1) is 0 Å². The number of pyridine rings is 1. The first-order valence-electron chi connectivity index (χ1n) is 10.8. The molecule has 0 saturated heterocycles. The van der Waals surface area contributed by atoms with Crippen molar-refractivity contribution in [2.45, 2.75) is 52.0 Å². The second-order valence-corrected chi connectivity index (χ2v) is 7.49. The van der Waals surface area contributed by atoms with E-state index in [0.29, 0.717) is 25.1 Å². The van der Waals surface area contributed by atoms with E-state index in [2.05, 4.69) is 20.3 Å². The number of nitrogens with two attached hydrogens (primary N) is 1. The van der Waals surface area contributed by atoms with Crippen molar-refractivity contribution in [3.05, 3.63) is 30.5 Å². The Hall–Kier alpha value is -3.09. The summed E-state index contributed by atoms with van der Waals surface area (Å²) in [5.74, 6) is 2.32. The van der Waals surface area contributed by atoms with Crippen LogP contribution in [0.3, 0.4) is 0 Å². The summed E-state index contributed by atoms with van der Waals surface area (Å²) in [6.07, 6.45) is 7.85. The van der Waals surface area contributed by atoms with E-state index in [-0.39, 0.29) is 5.95 Å². The summed E-state index contributed by atoms with van der Waals surface area (Å²) in [5, 5.41) is 4.58. The zero-order valence-electron chi connectivity index (χ0n) is 17.6. The van der Waals surface area contributed by atoms with E-state index in [0.717, 1.165) is 46.4 Å². The van der Waals surface area contributed by atoms with Gasteiger partial charge in [0.2, 0.25) is 11.8 Å². The molecule has 0 spiro atoms. The highest BCUT2D eigenvalue weighted by Gasteiger charge is 2.20. The molecule has 1 aliphatic carbocycles. The van der Waals surface area contributed by atoms with Gasteiger partial charge >= 0.3 is 0 Å². The molecule has 30 heavy (non-hydrogen) atoms. The number of anilines is 2. The predicted octanol–water partition coefficient (Wildman–Crippen LogP) is 4.82. The van der Waals surface area contributed by atoms with Crippen molar-refractivity contribution in [1.29, 1.82) is 0 Å². The topological polar surface area (TPSA) is 95.2 Å². The summed E-state index contributed by atoms with van der Waals surface area (Å²) in [4.78, 5) is 13.5. The van der Waals surface area contributed by atoms with Crippen molar-refractivity contribution in [2.75, 3.05) is 24.3 Å². The number of hydrogen-bond acceptors (Lipinski definition) is 7. The lowest BCUT2D eigenvalue weighted by Gasteiger charge is -2.24. The molecular formula is C23H29N5O2. The van der Waals surface area contributed by atoms with Crippen molar-refractivity contribution < 1.29 is 9.47 Å². The summed E-state index contributed by atoms with van der Waals surface area (Å²) < 4.78 is 11.5. The van der Waals surface area contributed by atoms with Crippen LogP contribution in [-0.2, 0) is 0 Å². The molecule has 7 heteroatoms. The maximum absolute atomic E-state index is 6.03. The number of benzene rings is 1. The van der Waals surface area contributed by atoms with Crippen LogP contribution in [0.2, 0.25) is 0 Å². The fourth-order valence-electron chi connectivity index (χ4n) is 4.09. The number of ether oxygens (including phenoxy) is 2. The highest BCUT2D eigenvalue weighted by molar-refractivity contribution is 6.03. The van der Waals surface area contributed by atoms with E-state index in [9.17, 15) is 0 Å². The Bertz CT molecular complexity index is 1020. The first-order chi connectivity index (χ1) is 14.7. The molecule has 1 saturated carbocycles. The lowest BCUT2D eigenvalue weighted by Crippen LogP contribution is -2.23. The molecule has 0 bridgehead atoms. The van der Waals surface area contributed by atoms with E-state index in [4.69, 9.17) is 15.2 Å². The van der Waals surface area contributed by atoms with Crippen LogP contribution in [0.25, 0.3) is 22.0 Å². The highest BCUT2D eigenvalue weighted by atomic mass is 16.5. The van der Waals surface area contributed by atoms with Gasteiger partial charge in [-0.2, -0.15) is 4.98 Å². The second kappa shape index (κ2) is 9.15. The molecule has 1 fully saturated rings. The number of nitrogens with zero attached hydrogens (tertiary/aromatic N) is 3. The van der Waals surface area contributed by atoms with Crippen LogP contribution >= 0.6 is 0 Å². The summed E-state index contributed by atoms with van der Waals surface area (Å²) in [7, 11) is 0. The van der Waals surface area contributed by atoms with Crippen LogP contribution in [0.15, 0.2) is 30.5 Å². The molecular weight excluding hydrogens is 378 g/mol. The van der Waals surface area contributed by atoms with E-state index in [1.54, 1.807) is 6.20 Å². The lowest BCUT2D eigenvalue weighted by molar-refractivity contribution is 0.314. The van der Waals surface area contributed by atoms with E-state index >= 15 is 0 Å². The number of rotatable bonds is 7. The second-order valence-electron chi connectivity index (χ2n) is 7.49. The number of hydrogen-bond donors (Lipinski definition) is 2. The fourth-order valence-corrected chi connectivity index (χ4v) is 4.09. The standard InChI is InChI=1S/C23H29N5O2/c1-3-29-19-13-20(30-4-2)25-14-17(19)16-11-8-12-18-21(16)22(28-23(24)27-18)26-15-9-6-5-7-10-15/h8,11-15H,3-7,9-10H2,1-2H3,(H3,24,26,27,28). The largest absolute Gasteiger partial charge is 0.493 e. The molecule has 3 aromatic rings. The Morgan fingerprint density at radius 3 is 2.60 bits per heavy atom. The smallest absolute Gasteiger partial charge is 0.222 e. The van der Waals surface area contributed by atoms with Crippen molar-refractivity contribution in [1.82, 2.24) is 15.0 Å². The first-order valence-corrected chi connectivity index (χ1v) is 10.8. The number of fused-ring (bicyclic) bond motifs is 1. The Balaban J connectivity index is 1.85. The Morgan fingerprint density at radius 1 is 1.03 bits per heavy atom. The molecule has 7 nitrogen and oxygen atoms in total. The summed E-state index contributed by atoms with van der Waals surface area (Å²) in [6, 6.07) is 8.22. The van der Waals surface area contributed by atoms with E-state index in [1.807, 2.05) is 38.1 Å². The van der Waals surface area contributed by atoms with Gasteiger partial charge in [0.05, 0.1) is 24.1 Å². The van der Waals surface area contributed by atoms with Crippen molar-refractivity contribution in [3.63, 3.8) is 0 Å². The van der Waals surface area contributed by atoms with Crippen LogP contribution < -0.4 is 20.5 Å². The number of nitrogen functional groups attached to an aromatic ring is 1. The molecule has 2 heterocycles. The predicted molar refractivity (Wildman–Crippen MR) is 120 cm³/mol. The Morgan fingerprint density at radius 2 is 1.83 bits per heavy atom. The van der Waals surface area contributed by atoms with Gasteiger partial charge in [-0.1, -0.05) is 31.4 Å². The maximum atomic E-state index is 6.03. The zero-order valence-corrected chi connectivity index (χ0v) is 17.6. The van der Waals surface area contributed by atoms with E-state index in [1.165, 1.54) is 19.3 Å². The average Bonchev–Trinajstić information content (AvgIpc) is 2.75. The van der Waals surface area contributed by atoms with Crippen LogP contribution in [0.4, 0.5) is 11.8 Å². The summed E-state index contributed by atoms with van der Waals surface area (Å²) in [6.45, 7) is 5.00. The minimum atomic E-state index is 0.271. The van der Waals surface area contributed by atoms with Crippen molar-refractivity contribution >= 4 is 22.7 Å². The molecule has 3 N–H and O–H groups in total. The van der Waals surface area contributed by atoms with Crippen LogP contribution in [0.1, 0.15) is 46.0 Å². The first kappa shape index (κ1) is 20.2. The molecule has 1 aliphatic rings. The van der Waals surface area contributed by atoms with Gasteiger partial charge in [-0.25, -0.2) is 9.97 Å². The third-order valence-electron chi connectivity index (χ3n) is 5.41. The fraction of sp³-hybridized carbons (Fsp3) is 0.435. The Kier molecular flexibility index (Phi) is 6.16. The molecule has 0 radical (unpaired) electrons. The molecule has 0 atom stereocenters. The van der Waals surface area contributed by atoms with Gasteiger partial charge in [-0.15, -0.1) is 0 Å². The van der Waals surface area contributed by atoms with Gasteiger partial charge in [0.1, 0.15) is 11.6 Å².